The van der Waals surface area contributed by atoms with Gasteiger partial charge in [0.2, 0.25) is 0 Å². The number of amides is 1. The van der Waals surface area contributed by atoms with Crippen LogP contribution in [0.5, 0.6) is 0 Å². The molecule has 1 saturated heterocycles. The molecule has 2 bridgehead atoms. The Hall–Kier alpha value is -1.77. The monoisotopic (exact) mass is 357 g/mol. The number of benzene rings is 2. The maximum atomic E-state index is 12.9. The van der Waals surface area contributed by atoms with Crippen molar-refractivity contribution in [2.75, 3.05) is 0 Å². The van der Waals surface area contributed by atoms with Crippen molar-refractivity contribution in [1.29, 1.82) is 0 Å². The zero-order valence-electron chi connectivity index (χ0n) is 13.1. The van der Waals surface area contributed by atoms with E-state index < -0.39 is 0 Å². The van der Waals surface area contributed by atoms with Crippen LogP contribution in [0, 0.1) is 0 Å². The molecule has 2 aliphatic rings. The Kier molecular flexibility index (Phi) is 4.11. The Morgan fingerprint density at radius 2 is 1.71 bits per heavy atom. The first kappa shape index (κ1) is 15.7. The topological polar surface area (TPSA) is 20.3 Å². The molecule has 24 heavy (non-hydrogen) atoms. The molecule has 0 spiro atoms. The summed E-state index contributed by atoms with van der Waals surface area (Å²) < 4.78 is 0. The van der Waals surface area contributed by atoms with Crippen LogP contribution in [-0.2, 0) is 0 Å². The summed E-state index contributed by atoms with van der Waals surface area (Å²) in [4.78, 5) is 14.9. The molecule has 2 nitrogen and oxygen atoms in total. The van der Waals surface area contributed by atoms with Crippen LogP contribution in [0.15, 0.2) is 54.6 Å². The predicted octanol–water partition coefficient (Wildman–Crippen LogP) is 5.59. The fourth-order valence-electron chi connectivity index (χ4n) is 3.67. The second-order valence-corrected chi connectivity index (χ2v) is 7.20. The highest BCUT2D eigenvalue weighted by molar-refractivity contribution is 6.42. The van der Waals surface area contributed by atoms with E-state index in [1.165, 1.54) is 0 Å². The number of nitrogens with zero attached hydrogens (tertiary/aromatic N) is 1. The van der Waals surface area contributed by atoms with Crippen molar-refractivity contribution in [3.63, 3.8) is 0 Å². The lowest BCUT2D eigenvalue weighted by Crippen LogP contribution is -2.42. The first-order valence-electron chi connectivity index (χ1n) is 8.18. The maximum absolute atomic E-state index is 12.9. The Bertz CT molecular complexity index is 813. The third-order valence-corrected chi connectivity index (χ3v) is 5.67. The summed E-state index contributed by atoms with van der Waals surface area (Å²) >= 11 is 12.1. The molecule has 4 rings (SSSR count). The van der Waals surface area contributed by atoms with Gasteiger partial charge in [-0.15, -0.1) is 0 Å². The van der Waals surface area contributed by atoms with Crippen molar-refractivity contribution < 1.29 is 4.79 Å². The van der Waals surface area contributed by atoms with Gasteiger partial charge in [0, 0.05) is 11.6 Å². The van der Waals surface area contributed by atoms with Crippen LogP contribution in [0.3, 0.4) is 0 Å². The average molecular weight is 358 g/mol. The van der Waals surface area contributed by atoms with Crippen molar-refractivity contribution >= 4 is 29.1 Å². The van der Waals surface area contributed by atoms with E-state index in [-0.39, 0.29) is 11.9 Å². The van der Waals surface area contributed by atoms with Gasteiger partial charge >= 0.3 is 0 Å². The van der Waals surface area contributed by atoms with Gasteiger partial charge in [-0.05, 0) is 54.7 Å². The van der Waals surface area contributed by atoms with E-state index in [9.17, 15) is 4.79 Å². The largest absolute Gasteiger partial charge is 0.329 e. The predicted molar refractivity (Wildman–Crippen MR) is 98.6 cm³/mol. The van der Waals surface area contributed by atoms with Gasteiger partial charge in [-0.2, -0.15) is 0 Å². The third kappa shape index (κ3) is 2.74. The van der Waals surface area contributed by atoms with Crippen LogP contribution in [-0.4, -0.2) is 22.9 Å². The van der Waals surface area contributed by atoms with Crippen molar-refractivity contribution in [1.82, 2.24) is 4.90 Å². The van der Waals surface area contributed by atoms with E-state index in [0.29, 0.717) is 16.1 Å². The van der Waals surface area contributed by atoms with Crippen molar-refractivity contribution in [2.45, 2.75) is 31.3 Å². The Morgan fingerprint density at radius 1 is 0.958 bits per heavy atom. The van der Waals surface area contributed by atoms with Gasteiger partial charge in [0.15, 0.2) is 0 Å². The normalized spacial score (nSPS) is 22.0. The molecule has 2 atom stereocenters. The number of rotatable bonds is 2. The molecular weight excluding hydrogens is 341 g/mol. The van der Waals surface area contributed by atoms with Crippen LogP contribution in [0.1, 0.15) is 29.6 Å². The highest BCUT2D eigenvalue weighted by atomic mass is 35.5. The lowest BCUT2D eigenvalue weighted by molar-refractivity contribution is 0.0689. The van der Waals surface area contributed by atoms with Gasteiger partial charge in [-0.1, -0.05) is 53.6 Å². The van der Waals surface area contributed by atoms with Crippen LogP contribution < -0.4 is 0 Å². The zero-order chi connectivity index (χ0) is 16.7. The number of carbonyl (C=O) groups excluding carboxylic acids is 1. The second-order valence-electron chi connectivity index (χ2n) is 6.38. The SMILES string of the molecule is O=C(c1ccc(-c2ccc(Cl)c(Cl)c2)cc1)N1C2C=CCC1CC2. The molecular formula is C20H17Cl2NO. The Morgan fingerprint density at radius 3 is 2.42 bits per heavy atom. The molecule has 0 aromatic heterocycles. The van der Waals surface area contributed by atoms with Crippen LogP contribution >= 0.6 is 23.2 Å². The lowest BCUT2D eigenvalue weighted by Gasteiger charge is -2.31. The molecule has 2 aromatic carbocycles. The minimum absolute atomic E-state index is 0.132. The summed E-state index contributed by atoms with van der Waals surface area (Å²) in [5, 5.41) is 1.08. The summed E-state index contributed by atoms with van der Waals surface area (Å²) in [6.45, 7) is 0. The minimum atomic E-state index is 0.132. The van der Waals surface area contributed by atoms with E-state index in [0.717, 1.165) is 36.0 Å². The molecule has 1 fully saturated rings. The highest BCUT2D eigenvalue weighted by Gasteiger charge is 2.37. The van der Waals surface area contributed by atoms with Crippen molar-refractivity contribution in [3.05, 3.63) is 70.2 Å². The smallest absolute Gasteiger partial charge is 0.254 e. The van der Waals surface area contributed by atoms with Gasteiger partial charge in [-0.3, -0.25) is 4.79 Å². The summed E-state index contributed by atoms with van der Waals surface area (Å²) in [6, 6.07) is 13.9. The van der Waals surface area contributed by atoms with Gasteiger partial charge in [0.05, 0.1) is 16.1 Å². The van der Waals surface area contributed by atoms with E-state index in [4.69, 9.17) is 23.2 Å². The fourth-order valence-corrected chi connectivity index (χ4v) is 3.97. The Balaban J connectivity index is 1.58. The standard InChI is InChI=1S/C20H17Cl2NO/c21-18-11-8-15(12-19(18)22)13-4-6-14(7-5-13)20(24)23-16-2-1-3-17(23)10-9-16/h1-2,4-8,11-12,16-17H,3,9-10H2. The molecule has 0 saturated carbocycles. The second kappa shape index (κ2) is 6.27. The lowest BCUT2D eigenvalue weighted by atomic mass is 10.0. The van der Waals surface area contributed by atoms with E-state index in [1.807, 2.05) is 41.3 Å². The first-order chi connectivity index (χ1) is 11.6. The molecule has 0 radical (unpaired) electrons. The maximum Gasteiger partial charge on any atom is 0.254 e. The van der Waals surface area contributed by atoms with Crippen LogP contribution in [0.25, 0.3) is 11.1 Å². The van der Waals surface area contributed by atoms with Gasteiger partial charge in [0.25, 0.3) is 5.91 Å². The molecule has 2 unspecified atom stereocenters. The summed E-state index contributed by atoms with van der Waals surface area (Å²) in [6.07, 6.45) is 7.54. The van der Waals surface area contributed by atoms with E-state index in [1.54, 1.807) is 6.07 Å². The van der Waals surface area contributed by atoms with Gasteiger partial charge in [-0.25, -0.2) is 0 Å². The van der Waals surface area contributed by atoms with Crippen molar-refractivity contribution in [3.8, 4) is 11.1 Å². The Labute approximate surface area is 151 Å². The molecule has 1 amide bonds. The number of hydrogen-bond donors (Lipinski definition) is 0. The van der Waals surface area contributed by atoms with Crippen LogP contribution in [0.4, 0.5) is 0 Å². The molecule has 2 aromatic rings. The molecule has 4 heteroatoms. The average Bonchev–Trinajstić information content (AvgIpc) is 2.85. The highest BCUT2D eigenvalue weighted by Crippen LogP contribution is 2.33. The van der Waals surface area contributed by atoms with E-state index >= 15 is 0 Å². The number of hydrogen-bond acceptors (Lipinski definition) is 1. The van der Waals surface area contributed by atoms with Gasteiger partial charge < -0.3 is 4.90 Å². The molecule has 122 valence electrons. The number of fused-ring (bicyclic) bond motifs is 2. The van der Waals surface area contributed by atoms with Crippen LogP contribution in [0.2, 0.25) is 10.0 Å². The summed E-state index contributed by atoms with van der Waals surface area (Å²) in [5.74, 6) is 0.132. The summed E-state index contributed by atoms with van der Waals surface area (Å²) in [5.41, 5.74) is 2.75. The minimum Gasteiger partial charge on any atom is -0.329 e. The zero-order valence-corrected chi connectivity index (χ0v) is 14.6. The summed E-state index contributed by atoms with van der Waals surface area (Å²) in [7, 11) is 0. The molecule has 0 aliphatic carbocycles. The molecule has 2 heterocycles. The third-order valence-electron chi connectivity index (χ3n) is 4.93. The first-order valence-corrected chi connectivity index (χ1v) is 8.94. The fraction of sp³-hybridized carbons (Fsp3) is 0.250. The van der Waals surface area contributed by atoms with E-state index in [2.05, 4.69) is 12.2 Å². The van der Waals surface area contributed by atoms with Crippen molar-refractivity contribution in [2.24, 2.45) is 0 Å². The molecule has 0 N–H and O–H groups in total. The number of halogens is 2. The number of carbonyl (C=O) groups is 1. The molecule has 2 aliphatic heterocycles. The quantitative estimate of drug-likeness (QED) is 0.641. The van der Waals surface area contributed by atoms with Gasteiger partial charge in [0.1, 0.15) is 0 Å².